The first kappa shape index (κ1) is 15.0. The van der Waals surface area contributed by atoms with E-state index in [1.54, 1.807) is 0 Å². The van der Waals surface area contributed by atoms with E-state index in [1.165, 1.54) is 24.3 Å². The maximum atomic E-state index is 13.5. The van der Waals surface area contributed by atoms with Gasteiger partial charge >= 0.3 is 0 Å². The lowest BCUT2D eigenvalue weighted by Gasteiger charge is -2.07. The van der Waals surface area contributed by atoms with Gasteiger partial charge in [-0.3, -0.25) is 4.79 Å². The van der Waals surface area contributed by atoms with Gasteiger partial charge in [0.1, 0.15) is 16.8 Å². The third-order valence-corrected chi connectivity index (χ3v) is 3.05. The fraction of sp³-hybridized carbons (Fsp3) is 0.0833. The summed E-state index contributed by atoms with van der Waals surface area (Å²) < 4.78 is 13.5. The monoisotopic (exact) mass is 333 g/mol. The molecule has 2 aromatic rings. The molecule has 4 nitrogen and oxygen atoms in total. The highest BCUT2D eigenvalue weighted by molar-refractivity contribution is 6.32. The summed E-state index contributed by atoms with van der Waals surface area (Å²) >= 11 is 17.1. The number of rotatable bonds is 3. The molecule has 1 amide bonds. The van der Waals surface area contributed by atoms with Crippen LogP contribution in [-0.4, -0.2) is 15.9 Å². The van der Waals surface area contributed by atoms with Crippen molar-refractivity contribution in [1.82, 2.24) is 9.97 Å². The molecule has 2 rings (SSSR count). The summed E-state index contributed by atoms with van der Waals surface area (Å²) in [6.07, 6.45) is -0.231. The lowest BCUT2D eigenvalue weighted by molar-refractivity contribution is -0.115. The van der Waals surface area contributed by atoms with Crippen LogP contribution in [0.5, 0.6) is 0 Å². The van der Waals surface area contributed by atoms with Gasteiger partial charge < -0.3 is 5.32 Å². The number of halogens is 4. The minimum atomic E-state index is -0.550. The van der Waals surface area contributed by atoms with E-state index < -0.39 is 11.7 Å². The molecule has 1 aromatic carbocycles. The third-order valence-electron chi connectivity index (χ3n) is 2.33. The van der Waals surface area contributed by atoms with Crippen LogP contribution in [0.2, 0.25) is 15.5 Å². The van der Waals surface area contributed by atoms with E-state index in [-0.39, 0.29) is 33.3 Å². The zero-order valence-corrected chi connectivity index (χ0v) is 12.1. The SMILES string of the molecule is O=C(Cc1c(F)cccc1Cl)Nc1cc(Cl)nc(Cl)n1. The molecule has 0 saturated heterocycles. The molecule has 0 aliphatic carbocycles. The van der Waals surface area contributed by atoms with Crippen molar-refractivity contribution in [1.29, 1.82) is 0 Å². The molecule has 1 heterocycles. The van der Waals surface area contributed by atoms with E-state index in [9.17, 15) is 9.18 Å². The zero-order valence-electron chi connectivity index (χ0n) is 9.83. The predicted molar refractivity (Wildman–Crippen MR) is 75.8 cm³/mol. The molecule has 0 unspecified atom stereocenters. The number of hydrogen-bond acceptors (Lipinski definition) is 3. The van der Waals surface area contributed by atoms with Crippen LogP contribution in [0, 0.1) is 5.82 Å². The number of carbonyl (C=O) groups excluding carboxylic acids is 1. The lowest BCUT2D eigenvalue weighted by atomic mass is 10.1. The van der Waals surface area contributed by atoms with E-state index in [1.807, 2.05) is 0 Å². The standard InChI is InChI=1S/C12H7Cl3FN3O/c13-7-2-1-3-8(16)6(7)4-11(20)18-10-5-9(14)17-12(15)19-10/h1-3,5H,4H2,(H,17,18,19,20). The highest BCUT2D eigenvalue weighted by atomic mass is 35.5. The number of hydrogen-bond donors (Lipinski definition) is 1. The summed E-state index contributed by atoms with van der Waals surface area (Å²) in [5.41, 5.74) is 0.109. The molecule has 1 aromatic heterocycles. The number of aromatic nitrogens is 2. The number of anilines is 1. The summed E-state index contributed by atoms with van der Waals surface area (Å²) in [6, 6.07) is 5.52. The van der Waals surface area contributed by atoms with Crippen LogP contribution in [-0.2, 0) is 11.2 Å². The molecule has 0 bridgehead atoms. The van der Waals surface area contributed by atoms with Crippen molar-refractivity contribution < 1.29 is 9.18 Å². The Balaban J connectivity index is 2.13. The van der Waals surface area contributed by atoms with Gasteiger partial charge in [-0.2, -0.15) is 0 Å². The molecule has 0 aliphatic rings. The number of nitrogens with zero attached hydrogens (tertiary/aromatic N) is 2. The van der Waals surface area contributed by atoms with Crippen molar-refractivity contribution in [3.63, 3.8) is 0 Å². The van der Waals surface area contributed by atoms with E-state index in [0.29, 0.717) is 0 Å². The van der Waals surface area contributed by atoms with Gasteiger partial charge in [-0.05, 0) is 23.7 Å². The molecule has 0 radical (unpaired) electrons. The molecule has 0 saturated carbocycles. The van der Waals surface area contributed by atoms with E-state index in [0.717, 1.165) is 0 Å². The fourth-order valence-electron chi connectivity index (χ4n) is 1.50. The van der Waals surface area contributed by atoms with Gasteiger partial charge in [0.05, 0.1) is 6.42 Å². The first-order chi connectivity index (χ1) is 9.45. The normalized spacial score (nSPS) is 10.4. The van der Waals surface area contributed by atoms with Crippen LogP contribution in [0.25, 0.3) is 0 Å². The second-order valence-electron chi connectivity index (χ2n) is 3.77. The average molecular weight is 335 g/mol. The van der Waals surface area contributed by atoms with Crippen molar-refractivity contribution in [2.75, 3.05) is 5.32 Å². The third kappa shape index (κ3) is 3.79. The predicted octanol–water partition coefficient (Wildman–Crippen LogP) is 3.76. The second kappa shape index (κ2) is 6.35. The summed E-state index contributed by atoms with van der Waals surface area (Å²) in [6.45, 7) is 0. The zero-order chi connectivity index (χ0) is 14.7. The van der Waals surface area contributed by atoms with E-state index >= 15 is 0 Å². The average Bonchev–Trinajstić information content (AvgIpc) is 2.32. The van der Waals surface area contributed by atoms with Gasteiger partial charge in [0.25, 0.3) is 0 Å². The Morgan fingerprint density at radius 1 is 1.25 bits per heavy atom. The quantitative estimate of drug-likeness (QED) is 0.687. The molecular weight excluding hydrogens is 328 g/mol. The topological polar surface area (TPSA) is 54.9 Å². The summed E-state index contributed by atoms with van der Waals surface area (Å²) in [7, 11) is 0. The number of carbonyl (C=O) groups is 1. The van der Waals surface area contributed by atoms with Gasteiger partial charge in [0, 0.05) is 16.7 Å². The Morgan fingerprint density at radius 2 is 2.00 bits per heavy atom. The first-order valence-corrected chi connectivity index (χ1v) is 6.52. The van der Waals surface area contributed by atoms with Crippen LogP contribution in [0.1, 0.15) is 5.56 Å². The Morgan fingerprint density at radius 3 is 2.65 bits per heavy atom. The molecule has 0 aliphatic heterocycles. The Bertz CT molecular complexity index is 626. The first-order valence-electron chi connectivity index (χ1n) is 5.38. The van der Waals surface area contributed by atoms with Crippen molar-refractivity contribution in [2.24, 2.45) is 0 Å². The van der Waals surface area contributed by atoms with Crippen LogP contribution in [0.4, 0.5) is 10.2 Å². The highest BCUT2D eigenvalue weighted by Crippen LogP contribution is 2.20. The minimum Gasteiger partial charge on any atom is -0.310 e. The largest absolute Gasteiger partial charge is 0.310 e. The van der Waals surface area contributed by atoms with Gasteiger partial charge in [-0.1, -0.05) is 29.3 Å². The van der Waals surface area contributed by atoms with Gasteiger partial charge in [0.2, 0.25) is 11.2 Å². The molecule has 0 spiro atoms. The molecule has 8 heteroatoms. The van der Waals surface area contributed by atoms with Gasteiger partial charge in [0.15, 0.2) is 0 Å². The molecule has 104 valence electrons. The van der Waals surface area contributed by atoms with Crippen molar-refractivity contribution >= 4 is 46.5 Å². The van der Waals surface area contributed by atoms with Crippen molar-refractivity contribution in [3.05, 3.63) is 51.1 Å². The Kier molecular flexibility index (Phi) is 4.75. The maximum absolute atomic E-state index is 13.5. The number of benzene rings is 1. The summed E-state index contributed by atoms with van der Waals surface area (Å²) in [5, 5.41) is 2.61. The van der Waals surface area contributed by atoms with Gasteiger partial charge in [-0.25, -0.2) is 14.4 Å². The smallest absolute Gasteiger partial charge is 0.230 e. The fourth-order valence-corrected chi connectivity index (χ4v) is 2.14. The number of nitrogens with one attached hydrogen (secondary N) is 1. The minimum absolute atomic E-state index is 0.0872. The second-order valence-corrected chi connectivity index (χ2v) is 4.90. The number of amides is 1. The van der Waals surface area contributed by atoms with Crippen molar-refractivity contribution in [2.45, 2.75) is 6.42 Å². The molecule has 0 atom stereocenters. The van der Waals surface area contributed by atoms with Crippen LogP contribution in [0.15, 0.2) is 24.3 Å². The Hall–Kier alpha value is -1.43. The highest BCUT2D eigenvalue weighted by Gasteiger charge is 2.13. The molecule has 1 N–H and O–H groups in total. The Labute approximate surface area is 128 Å². The van der Waals surface area contributed by atoms with Crippen LogP contribution in [0.3, 0.4) is 0 Å². The van der Waals surface area contributed by atoms with E-state index in [2.05, 4.69) is 15.3 Å². The molecular formula is C12H7Cl3FN3O. The molecule has 20 heavy (non-hydrogen) atoms. The van der Waals surface area contributed by atoms with E-state index in [4.69, 9.17) is 34.8 Å². The molecule has 0 fully saturated rings. The lowest BCUT2D eigenvalue weighted by Crippen LogP contribution is -2.16. The van der Waals surface area contributed by atoms with Crippen LogP contribution >= 0.6 is 34.8 Å². The van der Waals surface area contributed by atoms with Gasteiger partial charge in [-0.15, -0.1) is 0 Å². The summed E-state index contributed by atoms with van der Waals surface area (Å²) in [4.78, 5) is 19.2. The summed E-state index contributed by atoms with van der Waals surface area (Å²) in [5.74, 6) is -0.915. The maximum Gasteiger partial charge on any atom is 0.230 e. The van der Waals surface area contributed by atoms with Crippen molar-refractivity contribution in [3.8, 4) is 0 Å². The van der Waals surface area contributed by atoms with Crippen LogP contribution < -0.4 is 5.32 Å².